The Morgan fingerprint density at radius 3 is 2.13 bits per heavy atom. The Labute approximate surface area is 231 Å². The fourth-order valence-electron chi connectivity index (χ4n) is 5.19. The van der Waals surface area contributed by atoms with Gasteiger partial charge in [-0.2, -0.15) is 17.7 Å². The van der Waals surface area contributed by atoms with Gasteiger partial charge in [0.05, 0.1) is 37.8 Å². The Kier molecular flexibility index (Phi) is 8.16. The van der Waals surface area contributed by atoms with E-state index in [4.69, 9.17) is 18.9 Å². The summed E-state index contributed by atoms with van der Waals surface area (Å²) in [5.41, 5.74) is 4.54. The van der Waals surface area contributed by atoms with Crippen LogP contribution in [0, 0.1) is 0 Å². The molecule has 5 rings (SSSR count). The Bertz CT molecular complexity index is 1500. The number of ether oxygens (including phenoxy) is 4. The van der Waals surface area contributed by atoms with E-state index in [-0.39, 0.29) is 19.0 Å². The molecule has 3 aromatic carbocycles. The highest BCUT2D eigenvalue weighted by molar-refractivity contribution is 5.95. The third-order valence-electron chi connectivity index (χ3n) is 7.07. The van der Waals surface area contributed by atoms with Gasteiger partial charge in [-0.1, -0.05) is 19.1 Å². The molecule has 0 radical (unpaired) electrons. The summed E-state index contributed by atoms with van der Waals surface area (Å²) < 4.78 is 64.1. The van der Waals surface area contributed by atoms with Crippen LogP contribution >= 0.6 is 0 Å². The summed E-state index contributed by atoms with van der Waals surface area (Å²) in [5.74, 6) is 2.52. The molecule has 206 valence electrons. The number of aryl methyl sites for hydroxylation is 3. The van der Waals surface area contributed by atoms with Crippen LogP contribution in [0.25, 0.3) is 22.0 Å². The van der Waals surface area contributed by atoms with Gasteiger partial charge in [0, 0.05) is 17.4 Å². The van der Waals surface area contributed by atoms with Crippen molar-refractivity contribution in [2.45, 2.75) is 39.1 Å². The lowest BCUT2D eigenvalue weighted by atomic mass is 9.90. The lowest BCUT2D eigenvalue weighted by molar-refractivity contribution is -0.686. The van der Waals surface area contributed by atoms with Gasteiger partial charge in [0.1, 0.15) is 6.61 Å². The maximum atomic E-state index is 13.0. The topological polar surface area (TPSA) is 40.8 Å². The number of alkyl halides is 3. The predicted octanol–water partition coefficient (Wildman–Crippen LogP) is 3.54. The second-order valence-corrected chi connectivity index (χ2v) is 9.16. The lowest BCUT2D eigenvalue weighted by Gasteiger charge is -2.22. The van der Waals surface area contributed by atoms with Crippen LogP contribution in [-0.2, 0) is 32.2 Å². The number of hydrogen-bond donors (Lipinski definition) is 0. The number of rotatable bonds is 7. The number of fused-ring (bicyclic) bond motifs is 4. The summed E-state index contributed by atoms with van der Waals surface area (Å²) in [6.07, 6.45) is -0.689. The molecule has 1 aliphatic heterocycles. The average Bonchev–Trinajstić information content (AvgIpc) is 2.93. The normalized spacial score (nSPS) is 12.3. The molecular weight excluding hydrogens is 531 g/mol. The number of benzene rings is 3. The number of nitrogens with zero attached hydrogens (tertiary/aromatic N) is 1. The lowest BCUT2D eigenvalue weighted by Crippen LogP contribution is -3.00. The Morgan fingerprint density at radius 2 is 1.51 bits per heavy atom. The quantitative estimate of drug-likeness (QED) is 0.325. The van der Waals surface area contributed by atoms with Crippen LogP contribution < -0.4 is 35.9 Å². The summed E-state index contributed by atoms with van der Waals surface area (Å²) in [7, 11) is 4.85. The first-order valence-electron chi connectivity index (χ1n) is 12.4. The molecule has 0 atom stereocenters. The zero-order chi connectivity index (χ0) is 27.0. The number of halogens is 4. The number of aromatic nitrogens is 1. The summed E-state index contributed by atoms with van der Waals surface area (Å²) in [6, 6.07) is 13.0. The van der Waals surface area contributed by atoms with Crippen molar-refractivity contribution < 1.29 is 49.1 Å². The van der Waals surface area contributed by atoms with Crippen molar-refractivity contribution >= 4 is 10.8 Å². The molecular formula is C30H29ClF3NO4. The van der Waals surface area contributed by atoms with Crippen molar-refractivity contribution in [3.05, 3.63) is 77.0 Å². The van der Waals surface area contributed by atoms with Gasteiger partial charge in [0.25, 0.3) is 0 Å². The van der Waals surface area contributed by atoms with Crippen molar-refractivity contribution in [2.75, 3.05) is 21.3 Å². The highest BCUT2D eigenvalue weighted by Gasteiger charge is 2.32. The fraction of sp³-hybridized carbons (Fsp3) is 0.300. The van der Waals surface area contributed by atoms with Crippen molar-refractivity contribution in [3.63, 3.8) is 0 Å². The standard InChI is InChI=1S/C30H29F3NO4.ClH/c1-5-21-22-10-11-25(35-2)29(38-17-18-6-8-20(9-7-18)30(31,32)33)24(22)16-34-13-12-19-14-26(36-3)27(37-4)15-23(19)28(21)34;/h6-11,14-16H,5,12-13,17H2,1-4H3;1H/q+1;/p-1. The van der Waals surface area contributed by atoms with E-state index in [1.54, 1.807) is 21.3 Å². The monoisotopic (exact) mass is 559 g/mol. The van der Waals surface area contributed by atoms with Crippen LogP contribution in [0.3, 0.4) is 0 Å². The maximum absolute atomic E-state index is 13.0. The maximum Gasteiger partial charge on any atom is 0.416 e. The third-order valence-corrected chi connectivity index (χ3v) is 7.07. The molecule has 0 spiro atoms. The molecule has 0 aliphatic carbocycles. The molecule has 0 saturated heterocycles. The Morgan fingerprint density at radius 1 is 0.846 bits per heavy atom. The fourth-order valence-corrected chi connectivity index (χ4v) is 5.19. The smallest absolute Gasteiger partial charge is 0.416 e. The first-order valence-corrected chi connectivity index (χ1v) is 12.4. The molecule has 0 saturated carbocycles. The van der Waals surface area contributed by atoms with E-state index in [9.17, 15) is 13.2 Å². The Balaban J connectivity index is 0.00000353. The predicted molar refractivity (Wildman–Crippen MR) is 138 cm³/mol. The molecule has 0 bridgehead atoms. The highest BCUT2D eigenvalue weighted by Crippen LogP contribution is 2.43. The van der Waals surface area contributed by atoms with E-state index >= 15 is 0 Å². The molecule has 4 aromatic rings. The van der Waals surface area contributed by atoms with Crippen LogP contribution in [0.5, 0.6) is 23.0 Å². The minimum absolute atomic E-state index is 0. The van der Waals surface area contributed by atoms with Crippen LogP contribution in [0.15, 0.2) is 54.7 Å². The Hall–Kier alpha value is -3.65. The van der Waals surface area contributed by atoms with Gasteiger partial charge in [-0.3, -0.25) is 0 Å². The molecule has 0 N–H and O–H groups in total. The number of pyridine rings is 1. The third kappa shape index (κ3) is 5.17. The van der Waals surface area contributed by atoms with E-state index in [0.717, 1.165) is 59.1 Å². The average molecular weight is 560 g/mol. The summed E-state index contributed by atoms with van der Waals surface area (Å²) >= 11 is 0. The molecule has 5 nitrogen and oxygen atoms in total. The van der Waals surface area contributed by atoms with Crippen molar-refractivity contribution in [1.29, 1.82) is 0 Å². The largest absolute Gasteiger partial charge is 1.00 e. The number of hydrogen-bond acceptors (Lipinski definition) is 4. The number of methoxy groups -OCH3 is 3. The van der Waals surface area contributed by atoms with E-state index < -0.39 is 11.7 Å². The van der Waals surface area contributed by atoms with Gasteiger partial charge in [0.15, 0.2) is 35.7 Å². The summed E-state index contributed by atoms with van der Waals surface area (Å²) in [6.45, 7) is 3.00. The molecule has 9 heteroatoms. The molecule has 2 heterocycles. The van der Waals surface area contributed by atoms with Gasteiger partial charge in [-0.05, 0) is 53.9 Å². The van der Waals surface area contributed by atoms with Gasteiger partial charge < -0.3 is 31.4 Å². The minimum atomic E-state index is -4.38. The van der Waals surface area contributed by atoms with Gasteiger partial charge in [0.2, 0.25) is 5.69 Å². The zero-order valence-electron chi connectivity index (χ0n) is 22.1. The highest BCUT2D eigenvalue weighted by atomic mass is 35.5. The van der Waals surface area contributed by atoms with Crippen LogP contribution in [-0.4, -0.2) is 21.3 Å². The van der Waals surface area contributed by atoms with Crippen LogP contribution in [0.1, 0.15) is 29.2 Å². The van der Waals surface area contributed by atoms with Crippen molar-refractivity contribution in [2.24, 2.45) is 0 Å². The summed E-state index contributed by atoms with van der Waals surface area (Å²) in [5, 5.41) is 1.92. The first kappa shape index (κ1) is 28.4. The zero-order valence-corrected chi connectivity index (χ0v) is 22.9. The molecule has 1 aliphatic rings. The molecule has 39 heavy (non-hydrogen) atoms. The minimum Gasteiger partial charge on any atom is -1.00 e. The first-order chi connectivity index (χ1) is 18.3. The van der Waals surface area contributed by atoms with Crippen molar-refractivity contribution in [1.82, 2.24) is 0 Å². The van der Waals surface area contributed by atoms with Gasteiger partial charge >= 0.3 is 6.18 Å². The second-order valence-electron chi connectivity index (χ2n) is 9.16. The van der Waals surface area contributed by atoms with Gasteiger partial charge in [-0.15, -0.1) is 0 Å². The second kappa shape index (κ2) is 11.2. The SMILES string of the molecule is CCc1c2[n+](cc3c(OCc4ccc(C(F)(F)F)cc4)c(OC)ccc13)CCc1cc(OC)c(OC)cc1-2.[Cl-]. The van der Waals surface area contributed by atoms with E-state index in [1.807, 2.05) is 24.3 Å². The van der Waals surface area contributed by atoms with E-state index in [1.165, 1.54) is 17.7 Å². The van der Waals surface area contributed by atoms with E-state index in [0.29, 0.717) is 28.6 Å². The van der Waals surface area contributed by atoms with Crippen molar-refractivity contribution in [3.8, 4) is 34.3 Å². The molecule has 1 aromatic heterocycles. The van der Waals surface area contributed by atoms with Gasteiger partial charge in [-0.25, -0.2) is 0 Å². The summed E-state index contributed by atoms with van der Waals surface area (Å²) in [4.78, 5) is 0. The van der Waals surface area contributed by atoms with Crippen LogP contribution in [0.2, 0.25) is 0 Å². The molecule has 0 unspecified atom stereocenters. The van der Waals surface area contributed by atoms with Crippen LogP contribution in [0.4, 0.5) is 13.2 Å². The molecule has 0 amide bonds. The molecule has 0 fully saturated rings. The van der Waals surface area contributed by atoms with E-state index in [2.05, 4.69) is 17.7 Å².